The summed E-state index contributed by atoms with van der Waals surface area (Å²) in [5, 5.41) is 3.31. The van der Waals surface area contributed by atoms with E-state index in [9.17, 15) is 4.79 Å². The summed E-state index contributed by atoms with van der Waals surface area (Å²) in [5.41, 5.74) is 5.01. The van der Waals surface area contributed by atoms with Crippen LogP contribution in [-0.2, 0) is 11.3 Å². The molecule has 1 aromatic heterocycles. The van der Waals surface area contributed by atoms with Crippen molar-refractivity contribution in [1.29, 1.82) is 0 Å². The fraction of sp³-hybridized carbons (Fsp3) is 0.704. The zero-order chi connectivity index (χ0) is 22.5. The molecule has 0 bridgehead atoms. The summed E-state index contributed by atoms with van der Waals surface area (Å²) >= 11 is 0. The zero-order valence-electron chi connectivity index (χ0n) is 20.5. The number of anilines is 1. The smallest absolute Gasteiger partial charge is 0.223 e. The standard InChI is InChI=1S/C27H42N4O/c1-4-5-6-7-10-15-31-25-19-21(3)20(2)18-24(25)29-27(31)30-16-13-22(14-17-30)26(32)28-23-11-8-9-12-23/h18-19,22-23H,4-17H2,1-3H3,(H,28,32). The third-order valence-electron chi connectivity index (χ3n) is 7.68. The second kappa shape index (κ2) is 10.7. The number of amides is 1. The van der Waals surface area contributed by atoms with E-state index < -0.39 is 0 Å². The Morgan fingerprint density at radius 3 is 2.41 bits per heavy atom. The third-order valence-corrected chi connectivity index (χ3v) is 7.68. The van der Waals surface area contributed by atoms with E-state index in [0.29, 0.717) is 6.04 Å². The number of carbonyl (C=O) groups excluding carboxylic acids is 1. The normalized spacial score (nSPS) is 18.0. The predicted octanol–water partition coefficient (Wildman–Crippen LogP) is 5.90. The van der Waals surface area contributed by atoms with Gasteiger partial charge in [0.2, 0.25) is 11.9 Å². The van der Waals surface area contributed by atoms with Crippen LogP contribution in [0.4, 0.5) is 5.95 Å². The molecular weight excluding hydrogens is 396 g/mol. The molecule has 0 atom stereocenters. The highest BCUT2D eigenvalue weighted by molar-refractivity contribution is 5.81. The number of unbranched alkanes of at least 4 members (excludes halogenated alkanes) is 4. The van der Waals surface area contributed by atoms with Crippen molar-refractivity contribution in [2.24, 2.45) is 5.92 Å². The molecule has 4 rings (SSSR count). The lowest BCUT2D eigenvalue weighted by molar-refractivity contribution is -0.126. The Morgan fingerprint density at radius 2 is 1.69 bits per heavy atom. The van der Waals surface area contributed by atoms with Crippen LogP contribution in [0.25, 0.3) is 11.0 Å². The van der Waals surface area contributed by atoms with Crippen molar-refractivity contribution >= 4 is 22.9 Å². The minimum atomic E-state index is 0.156. The predicted molar refractivity (Wildman–Crippen MR) is 133 cm³/mol. The number of hydrogen-bond acceptors (Lipinski definition) is 3. The molecule has 2 fully saturated rings. The van der Waals surface area contributed by atoms with Gasteiger partial charge in [0.1, 0.15) is 0 Å². The van der Waals surface area contributed by atoms with Crippen molar-refractivity contribution in [3.63, 3.8) is 0 Å². The first-order valence-corrected chi connectivity index (χ1v) is 13.1. The van der Waals surface area contributed by atoms with E-state index >= 15 is 0 Å². The molecule has 1 saturated heterocycles. The van der Waals surface area contributed by atoms with Crippen molar-refractivity contribution < 1.29 is 4.79 Å². The Labute approximate surface area is 194 Å². The van der Waals surface area contributed by atoms with Gasteiger partial charge in [-0.2, -0.15) is 0 Å². The number of carbonyl (C=O) groups is 1. The molecule has 1 aliphatic heterocycles. The molecule has 176 valence electrons. The highest BCUT2D eigenvalue weighted by atomic mass is 16.1. The monoisotopic (exact) mass is 438 g/mol. The molecule has 1 aliphatic carbocycles. The van der Waals surface area contributed by atoms with Gasteiger partial charge in [-0.15, -0.1) is 0 Å². The van der Waals surface area contributed by atoms with Crippen LogP contribution < -0.4 is 10.2 Å². The second-order valence-corrected chi connectivity index (χ2v) is 10.2. The number of nitrogens with zero attached hydrogens (tertiary/aromatic N) is 3. The van der Waals surface area contributed by atoms with E-state index in [1.165, 1.54) is 61.6 Å². The number of aryl methyl sites for hydroxylation is 3. The first kappa shape index (κ1) is 23.1. The van der Waals surface area contributed by atoms with E-state index in [0.717, 1.165) is 56.8 Å². The average molecular weight is 439 g/mol. The summed E-state index contributed by atoms with van der Waals surface area (Å²) < 4.78 is 2.45. The van der Waals surface area contributed by atoms with Crippen LogP contribution >= 0.6 is 0 Å². The van der Waals surface area contributed by atoms with Gasteiger partial charge < -0.3 is 14.8 Å². The molecule has 1 amide bonds. The van der Waals surface area contributed by atoms with Crippen molar-refractivity contribution in [1.82, 2.24) is 14.9 Å². The quantitative estimate of drug-likeness (QED) is 0.496. The first-order chi connectivity index (χ1) is 15.6. The summed E-state index contributed by atoms with van der Waals surface area (Å²) in [5.74, 6) is 1.55. The fourth-order valence-electron chi connectivity index (χ4n) is 5.43. The lowest BCUT2D eigenvalue weighted by Gasteiger charge is -2.33. The SMILES string of the molecule is CCCCCCCn1c(N2CCC(C(=O)NC3CCCC3)CC2)nc2cc(C)c(C)cc21. The van der Waals surface area contributed by atoms with Crippen molar-refractivity contribution in [2.75, 3.05) is 18.0 Å². The van der Waals surface area contributed by atoms with Crippen molar-refractivity contribution in [2.45, 2.75) is 104 Å². The zero-order valence-corrected chi connectivity index (χ0v) is 20.5. The van der Waals surface area contributed by atoms with Gasteiger partial charge in [0.25, 0.3) is 0 Å². The molecule has 0 radical (unpaired) electrons. The fourth-order valence-corrected chi connectivity index (χ4v) is 5.43. The van der Waals surface area contributed by atoms with Crippen LogP contribution in [0.15, 0.2) is 12.1 Å². The molecule has 2 aromatic rings. The Hall–Kier alpha value is -2.04. The van der Waals surface area contributed by atoms with Gasteiger partial charge >= 0.3 is 0 Å². The summed E-state index contributed by atoms with van der Waals surface area (Å²) in [4.78, 5) is 20.3. The van der Waals surface area contributed by atoms with E-state index in [-0.39, 0.29) is 11.8 Å². The maximum absolute atomic E-state index is 12.8. The van der Waals surface area contributed by atoms with Crippen LogP contribution in [0, 0.1) is 19.8 Å². The minimum absolute atomic E-state index is 0.156. The maximum Gasteiger partial charge on any atom is 0.223 e. The van der Waals surface area contributed by atoms with Crippen LogP contribution in [0.3, 0.4) is 0 Å². The Bertz CT molecular complexity index is 904. The Balaban J connectivity index is 1.45. The van der Waals surface area contributed by atoms with Gasteiger partial charge in [0.05, 0.1) is 11.0 Å². The molecule has 1 saturated carbocycles. The third kappa shape index (κ3) is 5.29. The molecule has 32 heavy (non-hydrogen) atoms. The van der Waals surface area contributed by atoms with Crippen LogP contribution in [-0.4, -0.2) is 34.6 Å². The molecule has 5 nitrogen and oxygen atoms in total. The van der Waals surface area contributed by atoms with Gasteiger partial charge in [-0.3, -0.25) is 4.79 Å². The lowest BCUT2D eigenvalue weighted by Crippen LogP contribution is -2.43. The number of fused-ring (bicyclic) bond motifs is 1. The number of imidazole rings is 1. The highest BCUT2D eigenvalue weighted by Crippen LogP contribution is 2.30. The Morgan fingerprint density at radius 1 is 1.00 bits per heavy atom. The van der Waals surface area contributed by atoms with E-state index in [2.05, 4.69) is 47.7 Å². The first-order valence-electron chi connectivity index (χ1n) is 13.1. The summed E-state index contributed by atoms with van der Waals surface area (Å²) in [6, 6.07) is 4.97. The average Bonchev–Trinajstić information content (AvgIpc) is 3.42. The van der Waals surface area contributed by atoms with Crippen LogP contribution in [0.1, 0.15) is 88.7 Å². The molecule has 0 unspecified atom stereocenters. The number of hydrogen-bond donors (Lipinski definition) is 1. The molecule has 5 heteroatoms. The van der Waals surface area contributed by atoms with E-state index in [4.69, 9.17) is 4.98 Å². The number of piperidine rings is 1. The van der Waals surface area contributed by atoms with Crippen molar-refractivity contribution in [3.8, 4) is 0 Å². The van der Waals surface area contributed by atoms with E-state index in [1.54, 1.807) is 0 Å². The number of nitrogens with one attached hydrogen (secondary N) is 1. The molecule has 0 spiro atoms. The van der Waals surface area contributed by atoms with E-state index in [1.807, 2.05) is 0 Å². The largest absolute Gasteiger partial charge is 0.353 e. The summed E-state index contributed by atoms with van der Waals surface area (Å²) in [6.45, 7) is 9.50. The summed E-state index contributed by atoms with van der Waals surface area (Å²) in [7, 11) is 0. The number of benzene rings is 1. The van der Waals surface area contributed by atoms with Gasteiger partial charge in [0, 0.05) is 31.6 Å². The van der Waals surface area contributed by atoms with Gasteiger partial charge in [0.15, 0.2) is 0 Å². The maximum atomic E-state index is 12.8. The number of aromatic nitrogens is 2. The molecule has 2 heterocycles. The van der Waals surface area contributed by atoms with Crippen LogP contribution in [0.2, 0.25) is 0 Å². The topological polar surface area (TPSA) is 50.2 Å². The van der Waals surface area contributed by atoms with Gasteiger partial charge in [-0.25, -0.2) is 4.98 Å². The number of rotatable bonds is 9. The second-order valence-electron chi connectivity index (χ2n) is 10.2. The molecule has 1 aromatic carbocycles. The van der Waals surface area contributed by atoms with Gasteiger partial charge in [-0.1, -0.05) is 45.4 Å². The van der Waals surface area contributed by atoms with Crippen molar-refractivity contribution in [3.05, 3.63) is 23.3 Å². The van der Waals surface area contributed by atoms with Crippen LogP contribution in [0.5, 0.6) is 0 Å². The molecule has 1 N–H and O–H groups in total. The summed E-state index contributed by atoms with van der Waals surface area (Å²) in [6.07, 6.45) is 13.1. The Kier molecular flexibility index (Phi) is 7.75. The highest BCUT2D eigenvalue weighted by Gasteiger charge is 2.29. The minimum Gasteiger partial charge on any atom is -0.353 e. The van der Waals surface area contributed by atoms with Gasteiger partial charge in [-0.05, 0) is 69.2 Å². The molecule has 2 aliphatic rings. The lowest BCUT2D eigenvalue weighted by atomic mass is 9.95. The molecular formula is C27H42N4O.